The summed E-state index contributed by atoms with van der Waals surface area (Å²) in [6.45, 7) is 4.20. The van der Waals surface area contributed by atoms with E-state index in [1.807, 2.05) is 36.4 Å². The van der Waals surface area contributed by atoms with Crippen LogP contribution in [0.4, 0.5) is 5.69 Å². The van der Waals surface area contributed by atoms with Crippen molar-refractivity contribution < 1.29 is 29.0 Å². The first kappa shape index (κ1) is 26.8. The van der Waals surface area contributed by atoms with Crippen molar-refractivity contribution in [2.45, 2.75) is 45.3 Å². The van der Waals surface area contributed by atoms with Gasteiger partial charge in [0, 0.05) is 15.6 Å². The molecule has 8 heteroatoms. The van der Waals surface area contributed by atoms with Gasteiger partial charge in [0.15, 0.2) is 5.60 Å². The molecule has 37 heavy (non-hydrogen) atoms. The van der Waals surface area contributed by atoms with E-state index in [0.717, 1.165) is 5.56 Å². The van der Waals surface area contributed by atoms with Gasteiger partial charge in [-0.3, -0.25) is 9.59 Å². The quantitative estimate of drug-likeness (QED) is 0.358. The van der Waals surface area contributed by atoms with Crippen LogP contribution in [0.1, 0.15) is 44.2 Å². The number of ether oxygens (including phenoxy) is 2. The minimum atomic E-state index is -1.99. The molecule has 2 aromatic carbocycles. The van der Waals surface area contributed by atoms with Crippen molar-refractivity contribution >= 4 is 39.5 Å². The lowest BCUT2D eigenvalue weighted by atomic mass is 9.73. The number of halogens is 1. The van der Waals surface area contributed by atoms with E-state index in [0.29, 0.717) is 27.7 Å². The molecule has 2 aliphatic rings. The monoisotopic (exact) mass is 567 g/mol. The molecule has 1 amide bonds. The van der Waals surface area contributed by atoms with Crippen molar-refractivity contribution in [3.63, 3.8) is 0 Å². The summed E-state index contributed by atoms with van der Waals surface area (Å²) < 4.78 is 11.1. The number of anilines is 1. The fraction of sp³-hybridized carbons (Fsp3) is 0.345. The van der Waals surface area contributed by atoms with Crippen molar-refractivity contribution in [3.8, 4) is 0 Å². The molecule has 0 spiro atoms. The number of esters is 2. The maximum Gasteiger partial charge on any atom is 0.333 e. The molecule has 1 N–H and O–H groups in total. The molecule has 7 nitrogen and oxygen atoms in total. The van der Waals surface area contributed by atoms with Gasteiger partial charge in [0.1, 0.15) is 0 Å². The molecule has 194 valence electrons. The number of rotatable bonds is 8. The number of fused-ring (bicyclic) bond motifs is 1. The lowest BCUT2D eigenvalue weighted by Gasteiger charge is -2.32. The highest BCUT2D eigenvalue weighted by Crippen LogP contribution is 2.47. The number of aliphatic hydroxyl groups is 1. The first-order valence-corrected chi connectivity index (χ1v) is 13.2. The SMILES string of the molecule is CCOC(=O)C1=CCC(/C=C/C2(O)C(=O)N(Cc3ccccc3)c3cccc(Br)c32)(C(=O)OCC)CC1. The number of allylic oxidation sites excluding steroid dienone is 1. The molecule has 1 heterocycles. The minimum Gasteiger partial charge on any atom is -0.465 e. The van der Waals surface area contributed by atoms with E-state index >= 15 is 0 Å². The average Bonchev–Trinajstić information content (AvgIpc) is 3.11. The lowest BCUT2D eigenvalue weighted by molar-refractivity contribution is -0.153. The van der Waals surface area contributed by atoms with Gasteiger partial charge in [-0.15, -0.1) is 0 Å². The molecule has 2 aromatic rings. The Morgan fingerprint density at radius 1 is 1.05 bits per heavy atom. The number of amides is 1. The van der Waals surface area contributed by atoms with Gasteiger partial charge in [0.25, 0.3) is 5.91 Å². The van der Waals surface area contributed by atoms with Gasteiger partial charge in [-0.25, -0.2) is 4.79 Å². The second-order valence-corrected chi connectivity index (χ2v) is 10.00. The van der Waals surface area contributed by atoms with E-state index in [2.05, 4.69) is 15.9 Å². The summed E-state index contributed by atoms with van der Waals surface area (Å²) in [5.41, 5.74) is -0.682. The number of carbonyl (C=O) groups excluding carboxylic acids is 3. The van der Waals surface area contributed by atoms with Crippen LogP contribution in [0.3, 0.4) is 0 Å². The Labute approximate surface area is 224 Å². The Morgan fingerprint density at radius 2 is 1.78 bits per heavy atom. The summed E-state index contributed by atoms with van der Waals surface area (Å²) >= 11 is 3.51. The molecule has 1 aliphatic heterocycles. The molecule has 0 bridgehead atoms. The second-order valence-electron chi connectivity index (χ2n) is 9.14. The molecular weight excluding hydrogens is 538 g/mol. The minimum absolute atomic E-state index is 0.186. The second kappa shape index (κ2) is 11.0. The van der Waals surface area contributed by atoms with Crippen molar-refractivity contribution in [2.75, 3.05) is 18.1 Å². The van der Waals surface area contributed by atoms with E-state index in [-0.39, 0.29) is 32.6 Å². The van der Waals surface area contributed by atoms with E-state index in [1.165, 1.54) is 6.08 Å². The van der Waals surface area contributed by atoms with Gasteiger partial charge in [0.2, 0.25) is 0 Å². The smallest absolute Gasteiger partial charge is 0.333 e. The summed E-state index contributed by atoms with van der Waals surface area (Å²) in [7, 11) is 0. The fourth-order valence-electron chi connectivity index (χ4n) is 4.85. The number of benzene rings is 2. The van der Waals surface area contributed by atoms with Crippen LogP contribution in [0, 0.1) is 5.41 Å². The number of hydrogen-bond acceptors (Lipinski definition) is 6. The molecule has 4 rings (SSSR count). The molecule has 0 saturated carbocycles. The first-order chi connectivity index (χ1) is 17.8. The zero-order chi connectivity index (χ0) is 26.6. The van der Waals surface area contributed by atoms with E-state index < -0.39 is 28.9 Å². The van der Waals surface area contributed by atoms with Crippen molar-refractivity contribution in [1.82, 2.24) is 0 Å². The summed E-state index contributed by atoms with van der Waals surface area (Å²) in [6.07, 6.45) is 5.47. The molecular formula is C29H30BrNO6. The molecule has 1 aliphatic carbocycles. The topological polar surface area (TPSA) is 93.1 Å². The van der Waals surface area contributed by atoms with Crippen molar-refractivity contribution in [2.24, 2.45) is 5.41 Å². The molecule has 0 aromatic heterocycles. The first-order valence-electron chi connectivity index (χ1n) is 12.4. The summed E-state index contributed by atoms with van der Waals surface area (Å²) in [6, 6.07) is 14.9. The van der Waals surface area contributed by atoms with Gasteiger partial charge in [0.05, 0.1) is 30.9 Å². The number of hydrogen-bond donors (Lipinski definition) is 1. The predicted octanol–water partition coefficient (Wildman–Crippen LogP) is 4.96. The highest BCUT2D eigenvalue weighted by molar-refractivity contribution is 9.10. The van der Waals surface area contributed by atoms with E-state index in [4.69, 9.17) is 9.47 Å². The Morgan fingerprint density at radius 3 is 2.43 bits per heavy atom. The van der Waals surface area contributed by atoms with Crippen LogP contribution in [-0.4, -0.2) is 36.2 Å². The van der Waals surface area contributed by atoms with E-state index in [1.54, 1.807) is 43.0 Å². The zero-order valence-electron chi connectivity index (χ0n) is 20.9. The Hall–Kier alpha value is -3.23. The zero-order valence-corrected chi connectivity index (χ0v) is 22.5. The molecule has 0 fully saturated rings. The van der Waals surface area contributed by atoms with Gasteiger partial charge >= 0.3 is 11.9 Å². The van der Waals surface area contributed by atoms with Crippen molar-refractivity contribution in [1.29, 1.82) is 0 Å². The molecule has 2 unspecified atom stereocenters. The largest absolute Gasteiger partial charge is 0.465 e. The molecule has 0 saturated heterocycles. The summed E-state index contributed by atoms with van der Waals surface area (Å²) in [5, 5.41) is 11.9. The molecule has 0 radical (unpaired) electrons. The summed E-state index contributed by atoms with van der Waals surface area (Å²) in [5.74, 6) is -1.37. The van der Waals surface area contributed by atoms with Crippen LogP contribution < -0.4 is 4.90 Å². The number of nitrogens with zero attached hydrogens (tertiary/aromatic N) is 1. The Balaban J connectivity index is 1.72. The predicted molar refractivity (Wildman–Crippen MR) is 142 cm³/mol. The van der Waals surface area contributed by atoms with Crippen LogP contribution in [0.5, 0.6) is 0 Å². The maximum absolute atomic E-state index is 13.7. The van der Waals surface area contributed by atoms with Crippen LogP contribution in [-0.2, 0) is 36.0 Å². The van der Waals surface area contributed by atoms with E-state index in [9.17, 15) is 19.5 Å². The van der Waals surface area contributed by atoms with Gasteiger partial charge < -0.3 is 19.5 Å². The van der Waals surface area contributed by atoms with Crippen LogP contribution in [0.2, 0.25) is 0 Å². The van der Waals surface area contributed by atoms with Crippen LogP contribution >= 0.6 is 15.9 Å². The van der Waals surface area contributed by atoms with Gasteiger partial charge in [-0.05, 0) is 56.9 Å². The maximum atomic E-state index is 13.7. The third kappa shape index (κ3) is 5.13. The summed E-state index contributed by atoms with van der Waals surface area (Å²) in [4.78, 5) is 40.6. The Kier molecular flexibility index (Phi) is 7.99. The Bertz CT molecular complexity index is 1260. The standard InChI is InChI=1S/C29H30BrNO6/c1-3-36-25(32)21-13-15-28(16-14-21,27(34)37-4-2)17-18-29(35)24-22(30)11-8-12-23(24)31(26(29)33)19-20-9-6-5-7-10-20/h5-13,17-18,35H,3-4,14-16,19H2,1-2H3/b18-17+. The highest BCUT2D eigenvalue weighted by atomic mass is 79.9. The lowest BCUT2D eigenvalue weighted by Crippen LogP contribution is -2.40. The van der Waals surface area contributed by atoms with Crippen LogP contribution in [0.15, 0.2) is 76.8 Å². The average molecular weight is 568 g/mol. The van der Waals surface area contributed by atoms with Crippen molar-refractivity contribution in [3.05, 3.63) is 87.9 Å². The highest BCUT2D eigenvalue weighted by Gasteiger charge is 2.50. The number of carbonyl (C=O) groups is 3. The third-order valence-electron chi connectivity index (χ3n) is 6.83. The van der Waals surface area contributed by atoms with Gasteiger partial charge in [-0.2, -0.15) is 0 Å². The molecule has 2 atom stereocenters. The fourth-order valence-corrected chi connectivity index (χ4v) is 5.51. The normalized spacial score (nSPS) is 23.1. The van der Waals surface area contributed by atoms with Crippen LogP contribution in [0.25, 0.3) is 0 Å². The van der Waals surface area contributed by atoms with Gasteiger partial charge in [-0.1, -0.05) is 64.5 Å². The third-order valence-corrected chi connectivity index (χ3v) is 7.50.